The van der Waals surface area contributed by atoms with Gasteiger partial charge in [0.1, 0.15) is 0 Å². The van der Waals surface area contributed by atoms with Crippen LogP contribution in [0.2, 0.25) is 0 Å². The van der Waals surface area contributed by atoms with Crippen molar-refractivity contribution in [1.82, 2.24) is 4.57 Å². The molecular formula is C22H24N2O5S2. The first-order valence-electron chi connectivity index (χ1n) is 9.61. The monoisotopic (exact) mass is 460 g/mol. The van der Waals surface area contributed by atoms with Gasteiger partial charge in [-0.25, -0.2) is 13.2 Å². The van der Waals surface area contributed by atoms with Crippen molar-refractivity contribution in [2.45, 2.75) is 26.8 Å². The van der Waals surface area contributed by atoms with Crippen molar-refractivity contribution in [3.05, 3.63) is 75.2 Å². The van der Waals surface area contributed by atoms with Gasteiger partial charge in [-0.3, -0.25) is 9.52 Å². The van der Waals surface area contributed by atoms with E-state index in [0.717, 1.165) is 30.6 Å². The zero-order valence-corrected chi connectivity index (χ0v) is 19.2. The third-order valence-corrected chi connectivity index (χ3v) is 6.31. The van der Waals surface area contributed by atoms with Crippen molar-refractivity contribution in [2.75, 3.05) is 17.6 Å². The molecule has 0 aliphatic heterocycles. The van der Waals surface area contributed by atoms with Crippen molar-refractivity contribution in [1.29, 1.82) is 0 Å². The molecule has 1 aromatic carbocycles. The minimum absolute atomic E-state index is 0.155. The molecule has 0 saturated carbocycles. The first-order valence-corrected chi connectivity index (χ1v) is 12.4. The number of nitrogens with one attached hydrogen (secondary N) is 1. The lowest BCUT2D eigenvalue weighted by Gasteiger charge is -2.09. The van der Waals surface area contributed by atoms with Gasteiger partial charge in [-0.2, -0.15) is 0 Å². The van der Waals surface area contributed by atoms with E-state index in [1.807, 2.05) is 31.4 Å². The molecule has 0 aliphatic carbocycles. The Morgan fingerprint density at radius 3 is 2.58 bits per heavy atom. The number of carbonyl (C=O) groups excluding carboxylic acids is 2. The van der Waals surface area contributed by atoms with E-state index in [2.05, 4.69) is 15.4 Å². The molecule has 3 aromatic rings. The highest BCUT2D eigenvalue weighted by atomic mass is 32.2. The normalized spacial score (nSPS) is 11.3. The summed E-state index contributed by atoms with van der Waals surface area (Å²) in [7, 11) is -3.47. The molecule has 1 N–H and O–H groups in total. The Hall–Kier alpha value is -2.91. The molecule has 0 saturated heterocycles. The number of aromatic nitrogens is 1. The summed E-state index contributed by atoms with van der Waals surface area (Å²) in [4.78, 5) is 26.3. The van der Waals surface area contributed by atoms with E-state index >= 15 is 0 Å². The summed E-state index contributed by atoms with van der Waals surface area (Å²) in [6.45, 7) is 4.21. The molecule has 0 bridgehead atoms. The fourth-order valence-electron chi connectivity index (χ4n) is 3.32. The van der Waals surface area contributed by atoms with Gasteiger partial charge in [0.05, 0.1) is 11.8 Å². The fraction of sp³-hybridized carbons (Fsp3) is 0.273. The maximum absolute atomic E-state index is 12.7. The highest BCUT2D eigenvalue weighted by Gasteiger charge is 2.18. The minimum atomic E-state index is -3.47. The van der Waals surface area contributed by atoms with Gasteiger partial charge in [0.25, 0.3) is 0 Å². The molecule has 0 fully saturated rings. The maximum atomic E-state index is 12.7. The smallest absolute Gasteiger partial charge is 0.338 e. The predicted octanol–water partition coefficient (Wildman–Crippen LogP) is 3.82. The molecule has 0 spiro atoms. The number of thiophene rings is 1. The zero-order chi connectivity index (χ0) is 22.6. The highest BCUT2D eigenvalue weighted by Crippen LogP contribution is 2.19. The Morgan fingerprint density at radius 1 is 1.13 bits per heavy atom. The summed E-state index contributed by atoms with van der Waals surface area (Å²) in [5, 5.41) is 2.04. The van der Waals surface area contributed by atoms with Crippen LogP contribution >= 0.6 is 11.3 Å². The van der Waals surface area contributed by atoms with Gasteiger partial charge in [0.2, 0.25) is 15.8 Å². The number of benzene rings is 1. The number of ketones is 1. The van der Waals surface area contributed by atoms with Crippen molar-refractivity contribution in [3.8, 4) is 0 Å². The van der Waals surface area contributed by atoms with Gasteiger partial charge in [0.15, 0.2) is 6.61 Å². The van der Waals surface area contributed by atoms with E-state index in [4.69, 9.17) is 4.74 Å². The summed E-state index contributed by atoms with van der Waals surface area (Å²) in [6.07, 6.45) is 1.90. The fourth-order valence-corrected chi connectivity index (χ4v) is 4.57. The molecule has 7 nitrogen and oxygen atoms in total. The van der Waals surface area contributed by atoms with Crippen LogP contribution in [0.15, 0.2) is 47.8 Å². The van der Waals surface area contributed by atoms with Gasteiger partial charge < -0.3 is 9.30 Å². The number of carbonyl (C=O) groups is 2. The van der Waals surface area contributed by atoms with Gasteiger partial charge in [0, 0.05) is 34.1 Å². The minimum Gasteiger partial charge on any atom is -0.454 e. The third-order valence-electron chi connectivity index (χ3n) is 4.77. The Kier molecular flexibility index (Phi) is 6.97. The van der Waals surface area contributed by atoms with E-state index in [-0.39, 0.29) is 17.0 Å². The third kappa shape index (κ3) is 6.05. The molecule has 2 heterocycles. The van der Waals surface area contributed by atoms with Gasteiger partial charge in [-0.15, -0.1) is 11.3 Å². The van der Waals surface area contributed by atoms with Crippen LogP contribution in [0.1, 0.15) is 37.0 Å². The topological polar surface area (TPSA) is 94.5 Å². The van der Waals surface area contributed by atoms with Crippen LogP contribution < -0.4 is 4.72 Å². The molecule has 0 unspecified atom stereocenters. The zero-order valence-electron chi connectivity index (χ0n) is 17.5. The number of sulfonamides is 1. The van der Waals surface area contributed by atoms with E-state index in [1.165, 1.54) is 29.1 Å². The first kappa shape index (κ1) is 22.8. The largest absolute Gasteiger partial charge is 0.454 e. The summed E-state index contributed by atoms with van der Waals surface area (Å²) < 4.78 is 32.3. The van der Waals surface area contributed by atoms with Crippen molar-refractivity contribution >= 4 is 38.8 Å². The van der Waals surface area contributed by atoms with Crippen LogP contribution in [0.3, 0.4) is 0 Å². The van der Waals surface area contributed by atoms with Crippen molar-refractivity contribution in [3.63, 3.8) is 0 Å². The molecule has 0 aliphatic rings. The molecule has 9 heteroatoms. The number of hydrogen-bond donors (Lipinski definition) is 1. The number of ether oxygens (including phenoxy) is 1. The number of Topliss-reactive ketones (excluding diaryl/α,β-unsaturated/α-hetero) is 1. The predicted molar refractivity (Wildman–Crippen MR) is 121 cm³/mol. The maximum Gasteiger partial charge on any atom is 0.338 e. The summed E-state index contributed by atoms with van der Waals surface area (Å²) in [5.41, 5.74) is 2.75. The molecule has 2 aromatic heterocycles. The van der Waals surface area contributed by atoms with Crippen LogP contribution in [0.4, 0.5) is 5.69 Å². The Morgan fingerprint density at radius 2 is 1.90 bits per heavy atom. The summed E-state index contributed by atoms with van der Waals surface area (Å²) in [6, 6.07) is 11.8. The molecule has 0 amide bonds. The number of aryl methyl sites for hydroxylation is 2. The lowest BCUT2D eigenvalue weighted by Crippen LogP contribution is -2.16. The Balaban J connectivity index is 1.63. The Bertz CT molecular complexity index is 1190. The number of nitrogens with zero attached hydrogens (tertiary/aromatic N) is 1. The van der Waals surface area contributed by atoms with Crippen LogP contribution in [-0.4, -0.2) is 37.6 Å². The van der Waals surface area contributed by atoms with Gasteiger partial charge in [-0.1, -0.05) is 12.1 Å². The average molecular weight is 461 g/mol. The summed E-state index contributed by atoms with van der Waals surface area (Å²) >= 11 is 1.70. The second kappa shape index (κ2) is 9.49. The number of esters is 1. The van der Waals surface area contributed by atoms with Crippen molar-refractivity contribution < 1.29 is 22.7 Å². The first-order chi connectivity index (χ1) is 14.6. The molecule has 0 radical (unpaired) electrons. The number of anilines is 1. The number of hydrogen-bond acceptors (Lipinski definition) is 6. The Labute approximate surface area is 185 Å². The molecule has 0 atom stereocenters. The average Bonchev–Trinajstić information content (AvgIpc) is 3.31. The second-order valence-corrected chi connectivity index (χ2v) is 10.0. The second-order valence-electron chi connectivity index (χ2n) is 7.22. The van der Waals surface area contributed by atoms with E-state index in [9.17, 15) is 18.0 Å². The van der Waals surface area contributed by atoms with Gasteiger partial charge in [-0.05, 0) is 56.0 Å². The molecule has 164 valence electrons. The molecular weight excluding hydrogens is 436 g/mol. The van der Waals surface area contributed by atoms with E-state index < -0.39 is 22.6 Å². The standard InChI is InChI=1S/C22H24N2O5S2/c1-15-12-20(16(2)24(15)10-9-19-8-5-11-30-19)21(25)14-29-22(26)17-6-4-7-18(13-17)23-31(3,27)28/h4-8,11-13,23H,9-10,14H2,1-3H3. The quantitative estimate of drug-likeness (QED) is 0.387. The van der Waals surface area contributed by atoms with Crippen LogP contribution in [0, 0.1) is 13.8 Å². The van der Waals surface area contributed by atoms with Crippen LogP contribution in [0.25, 0.3) is 0 Å². The van der Waals surface area contributed by atoms with Crippen molar-refractivity contribution in [2.24, 2.45) is 0 Å². The number of rotatable bonds is 9. The van der Waals surface area contributed by atoms with Gasteiger partial charge >= 0.3 is 5.97 Å². The molecule has 3 rings (SSSR count). The van der Waals surface area contributed by atoms with E-state index in [1.54, 1.807) is 11.3 Å². The highest BCUT2D eigenvalue weighted by molar-refractivity contribution is 7.92. The SMILES string of the molecule is Cc1cc(C(=O)COC(=O)c2cccc(NS(C)(=O)=O)c2)c(C)n1CCc1cccs1. The lowest BCUT2D eigenvalue weighted by molar-refractivity contribution is 0.0474. The lowest BCUT2D eigenvalue weighted by atomic mass is 10.1. The summed E-state index contributed by atoms with van der Waals surface area (Å²) in [5.74, 6) is -0.980. The molecule has 31 heavy (non-hydrogen) atoms. The van der Waals surface area contributed by atoms with Crippen LogP contribution in [-0.2, 0) is 27.7 Å². The van der Waals surface area contributed by atoms with E-state index in [0.29, 0.717) is 5.56 Å². The van der Waals surface area contributed by atoms with Crippen LogP contribution in [0.5, 0.6) is 0 Å².